The molecule has 0 spiro atoms. The van der Waals surface area contributed by atoms with Crippen LogP contribution in [0.5, 0.6) is 0 Å². The van der Waals surface area contributed by atoms with Crippen LogP contribution in [0.2, 0.25) is 0 Å². The molecule has 0 aromatic rings. The van der Waals surface area contributed by atoms with Crippen molar-refractivity contribution in [2.45, 2.75) is 0 Å². The predicted octanol–water partition coefficient (Wildman–Crippen LogP) is 0.639. The molecule has 0 aromatic heterocycles. The van der Waals surface area contributed by atoms with E-state index in [9.17, 15) is 0 Å². The van der Waals surface area contributed by atoms with Gasteiger partial charge in [0.2, 0.25) is 0 Å². The molecule has 0 radical (unpaired) electrons. The summed E-state index contributed by atoms with van der Waals surface area (Å²) in [5.41, 5.74) is 0. The van der Waals surface area contributed by atoms with Gasteiger partial charge in [-0.3, -0.25) is 0 Å². The quantitative estimate of drug-likeness (QED) is 0.347. The van der Waals surface area contributed by atoms with Gasteiger partial charge in [-0.15, -0.1) is 6.58 Å². The highest BCUT2D eigenvalue weighted by Gasteiger charge is 1.91. The fourth-order valence-corrected chi connectivity index (χ4v) is 0. The molecule has 1 saturated heterocycles. The molecular weight excluding hydrogens is 88.1 g/mol. The summed E-state index contributed by atoms with van der Waals surface area (Å²) in [4.78, 5) is 2.75. The molecule has 0 aliphatic carbocycles. The molecule has 0 aromatic carbocycles. The van der Waals surface area contributed by atoms with Crippen molar-refractivity contribution in [3.63, 3.8) is 0 Å². The average Bonchev–Trinajstić information content (AvgIpc) is 2.47. The van der Waals surface area contributed by atoms with Gasteiger partial charge in [0, 0.05) is 13.1 Å². The zero-order chi connectivity index (χ0) is 5.54. The molecule has 2 heteroatoms. The first-order valence-electron chi connectivity index (χ1n) is 2.10. The van der Waals surface area contributed by atoms with Crippen LogP contribution in [0, 0.1) is 6.57 Å². The molecule has 1 aliphatic rings. The standard InChI is InChI=1S/C3H3N.C2H5N/c1-3-4-2;1-2-3-1/h3H,1H2;3H,1-2H2. The highest BCUT2D eigenvalue weighted by Crippen LogP contribution is 1.65. The fraction of sp³-hybridized carbons (Fsp3) is 0.400. The molecular formula is C5H8N2. The molecule has 0 amide bonds. The zero-order valence-electron chi connectivity index (χ0n) is 4.15. The summed E-state index contributed by atoms with van der Waals surface area (Å²) in [6.45, 7) is 11.6. The Morgan fingerprint density at radius 3 is 2.00 bits per heavy atom. The summed E-state index contributed by atoms with van der Waals surface area (Å²) in [6, 6.07) is 0. The van der Waals surface area contributed by atoms with Gasteiger partial charge in [-0.2, -0.15) is 0 Å². The van der Waals surface area contributed by atoms with Crippen LogP contribution in [0.25, 0.3) is 4.85 Å². The van der Waals surface area contributed by atoms with Crippen molar-refractivity contribution < 1.29 is 0 Å². The van der Waals surface area contributed by atoms with Crippen LogP contribution in [0.4, 0.5) is 0 Å². The topological polar surface area (TPSA) is 26.3 Å². The highest BCUT2D eigenvalue weighted by molar-refractivity contribution is 4.76. The molecule has 1 N–H and O–H groups in total. The van der Waals surface area contributed by atoms with Crippen molar-refractivity contribution in [1.29, 1.82) is 0 Å². The normalized spacial score (nSPS) is 12.4. The molecule has 0 bridgehead atoms. The summed E-state index contributed by atoms with van der Waals surface area (Å²) in [5.74, 6) is 0. The third kappa shape index (κ3) is 37.3. The maximum Gasteiger partial charge on any atom is 0.147 e. The second-order valence-corrected chi connectivity index (χ2v) is 1.06. The van der Waals surface area contributed by atoms with E-state index in [1.54, 1.807) is 0 Å². The van der Waals surface area contributed by atoms with E-state index in [-0.39, 0.29) is 0 Å². The van der Waals surface area contributed by atoms with Gasteiger partial charge < -0.3 is 5.32 Å². The van der Waals surface area contributed by atoms with Crippen LogP contribution in [0.3, 0.4) is 0 Å². The van der Waals surface area contributed by atoms with Gasteiger partial charge in [0.25, 0.3) is 0 Å². The molecule has 38 valence electrons. The van der Waals surface area contributed by atoms with Gasteiger partial charge in [-0.05, 0) is 0 Å². The van der Waals surface area contributed by atoms with E-state index in [2.05, 4.69) is 16.7 Å². The third-order valence-electron chi connectivity index (χ3n) is 0.341. The SMILES string of the molecule is C1CN1.[C-]#[N+]C=C. The lowest BCUT2D eigenvalue weighted by molar-refractivity contribution is 1.34. The fourth-order valence-electron chi connectivity index (χ4n) is 0. The van der Waals surface area contributed by atoms with Crippen LogP contribution in [-0.4, -0.2) is 13.1 Å². The molecule has 1 aliphatic heterocycles. The Labute approximate surface area is 43.7 Å². The Morgan fingerprint density at radius 2 is 2.00 bits per heavy atom. The van der Waals surface area contributed by atoms with Crippen LogP contribution in [-0.2, 0) is 0 Å². The number of nitrogens with one attached hydrogen (secondary N) is 1. The second kappa shape index (κ2) is 5.19. The minimum Gasteiger partial charge on any atom is -0.314 e. The van der Waals surface area contributed by atoms with E-state index >= 15 is 0 Å². The lowest BCUT2D eigenvalue weighted by atomic mass is 11.0. The van der Waals surface area contributed by atoms with E-state index in [4.69, 9.17) is 6.57 Å². The largest absolute Gasteiger partial charge is 0.314 e. The Balaban J connectivity index is 0.000000105. The van der Waals surface area contributed by atoms with Crippen LogP contribution in [0.1, 0.15) is 0 Å². The zero-order valence-corrected chi connectivity index (χ0v) is 4.15. The molecule has 0 atom stereocenters. The maximum absolute atomic E-state index is 5.96. The van der Waals surface area contributed by atoms with E-state index in [1.165, 1.54) is 19.3 Å². The number of hydrogen-bond acceptors (Lipinski definition) is 1. The molecule has 0 saturated carbocycles. The Morgan fingerprint density at radius 1 is 1.71 bits per heavy atom. The second-order valence-electron chi connectivity index (χ2n) is 1.06. The van der Waals surface area contributed by atoms with Crippen molar-refractivity contribution >= 4 is 0 Å². The summed E-state index contributed by atoms with van der Waals surface area (Å²) in [5, 5.41) is 3.00. The monoisotopic (exact) mass is 96.1 g/mol. The van der Waals surface area contributed by atoms with Gasteiger partial charge in [-0.1, -0.05) is 0 Å². The Bertz CT molecular complexity index is 75.8. The molecule has 1 heterocycles. The maximum atomic E-state index is 5.96. The van der Waals surface area contributed by atoms with Gasteiger partial charge in [0.1, 0.15) is 6.20 Å². The van der Waals surface area contributed by atoms with E-state index in [0.29, 0.717) is 0 Å². The van der Waals surface area contributed by atoms with Crippen molar-refractivity contribution in [2.75, 3.05) is 13.1 Å². The number of hydrogen-bond donors (Lipinski definition) is 1. The Kier molecular flexibility index (Phi) is 4.59. The average molecular weight is 96.1 g/mol. The molecule has 0 unspecified atom stereocenters. The van der Waals surface area contributed by atoms with Gasteiger partial charge in [0.05, 0.1) is 6.57 Å². The van der Waals surface area contributed by atoms with Crippen LogP contribution >= 0.6 is 0 Å². The number of nitrogens with zero attached hydrogens (tertiary/aromatic N) is 1. The minimum atomic E-state index is 1.17. The van der Waals surface area contributed by atoms with Crippen LogP contribution < -0.4 is 5.32 Å². The lowest BCUT2D eigenvalue weighted by Gasteiger charge is -1.37. The first-order valence-corrected chi connectivity index (χ1v) is 2.10. The summed E-state index contributed by atoms with van der Waals surface area (Å²) in [7, 11) is 0. The first-order chi connectivity index (χ1) is 3.41. The summed E-state index contributed by atoms with van der Waals surface area (Å²) < 4.78 is 0. The molecule has 1 rings (SSSR count). The third-order valence-corrected chi connectivity index (χ3v) is 0.341. The van der Waals surface area contributed by atoms with E-state index < -0.39 is 0 Å². The number of rotatable bonds is 0. The lowest BCUT2D eigenvalue weighted by Crippen LogP contribution is -1.56. The molecule has 2 nitrogen and oxygen atoms in total. The van der Waals surface area contributed by atoms with Gasteiger partial charge in [-0.25, -0.2) is 4.85 Å². The van der Waals surface area contributed by atoms with Crippen molar-refractivity contribution in [3.8, 4) is 0 Å². The summed E-state index contributed by atoms with van der Waals surface area (Å²) in [6.07, 6.45) is 1.17. The first kappa shape index (κ1) is 6.19. The summed E-state index contributed by atoms with van der Waals surface area (Å²) >= 11 is 0. The van der Waals surface area contributed by atoms with E-state index in [0.717, 1.165) is 0 Å². The molecule has 7 heavy (non-hydrogen) atoms. The molecule has 1 fully saturated rings. The van der Waals surface area contributed by atoms with Gasteiger partial charge >= 0.3 is 0 Å². The minimum absolute atomic E-state index is 1.17. The Hall–Kier alpha value is -0.810. The van der Waals surface area contributed by atoms with Crippen molar-refractivity contribution in [2.24, 2.45) is 0 Å². The van der Waals surface area contributed by atoms with Crippen molar-refractivity contribution in [1.82, 2.24) is 5.32 Å². The predicted molar refractivity (Wildman–Crippen MR) is 29.7 cm³/mol. The van der Waals surface area contributed by atoms with Crippen molar-refractivity contribution in [3.05, 3.63) is 24.2 Å². The van der Waals surface area contributed by atoms with Crippen LogP contribution in [0.15, 0.2) is 12.8 Å². The highest BCUT2D eigenvalue weighted by atomic mass is 15.0. The smallest absolute Gasteiger partial charge is 0.147 e. The van der Waals surface area contributed by atoms with E-state index in [1.807, 2.05) is 0 Å². The van der Waals surface area contributed by atoms with Gasteiger partial charge in [0.15, 0.2) is 0 Å².